The Balaban J connectivity index is 1.40. The molecule has 5 rings (SSSR count). The Labute approximate surface area is 244 Å². The molecule has 2 aliphatic rings. The Kier molecular flexibility index (Phi) is 7.68. The summed E-state index contributed by atoms with van der Waals surface area (Å²) in [5, 5.41) is 9.10. The molecule has 3 aromatic rings. The highest BCUT2D eigenvalue weighted by molar-refractivity contribution is 6.30. The third kappa shape index (κ3) is 5.35. The van der Waals surface area contributed by atoms with E-state index in [0.29, 0.717) is 43.1 Å². The van der Waals surface area contributed by atoms with Gasteiger partial charge in [-0.3, -0.25) is 9.59 Å². The van der Waals surface area contributed by atoms with Gasteiger partial charge in [0, 0.05) is 43.5 Å². The second-order valence-corrected chi connectivity index (χ2v) is 11.9. The van der Waals surface area contributed by atoms with E-state index in [1.54, 1.807) is 24.4 Å². The molecule has 2 aromatic heterocycles. The summed E-state index contributed by atoms with van der Waals surface area (Å²) < 4.78 is 14.4. The van der Waals surface area contributed by atoms with Crippen LogP contribution in [-0.4, -0.2) is 63.6 Å². The number of benzene rings is 1. The third-order valence-electron chi connectivity index (χ3n) is 8.55. The Hall–Kier alpha value is -3.72. The maximum Gasteiger partial charge on any atom is 0.307 e. The van der Waals surface area contributed by atoms with Gasteiger partial charge < -0.3 is 19.8 Å². The molecule has 1 fully saturated rings. The van der Waals surface area contributed by atoms with Crippen molar-refractivity contribution >= 4 is 40.7 Å². The first-order valence-electron chi connectivity index (χ1n) is 14.0. The lowest BCUT2D eigenvalue weighted by Crippen LogP contribution is -2.61. The number of aliphatic carboxylic acids is 1. The van der Waals surface area contributed by atoms with E-state index >= 15 is 0 Å². The van der Waals surface area contributed by atoms with E-state index in [-0.39, 0.29) is 22.8 Å². The summed E-state index contributed by atoms with van der Waals surface area (Å²) in [6.07, 6.45) is 3.19. The fourth-order valence-electron chi connectivity index (χ4n) is 6.08. The molecule has 41 heavy (non-hydrogen) atoms. The molecule has 1 N–H and O–H groups in total. The summed E-state index contributed by atoms with van der Waals surface area (Å²) in [7, 11) is 0. The molecule has 0 aliphatic carbocycles. The molecule has 0 unspecified atom stereocenters. The zero-order valence-corrected chi connectivity index (χ0v) is 24.6. The standard InChI is InChI=1S/C31H35ClFN5O3/c1-5-31(6-2)19-37(21-8-9-22(32)23(33)16-21)25-11-10-24(35-28(25)31)29(41)38-14-13-36(18-30(38,3)4)26-12-7-20(17-34-26)15-27(39)40/h7-12,16-17H,5-6,13-15,18-19H2,1-4H3,(H,39,40). The lowest BCUT2D eigenvalue weighted by Gasteiger charge is -2.47. The number of amides is 1. The van der Waals surface area contributed by atoms with E-state index in [9.17, 15) is 14.0 Å². The first-order valence-corrected chi connectivity index (χ1v) is 14.3. The molecular weight excluding hydrogens is 545 g/mol. The van der Waals surface area contributed by atoms with Crippen molar-refractivity contribution in [3.05, 3.63) is 76.5 Å². The molecule has 0 spiro atoms. The lowest BCUT2D eigenvalue weighted by atomic mass is 9.80. The van der Waals surface area contributed by atoms with E-state index in [1.165, 1.54) is 6.07 Å². The highest BCUT2D eigenvalue weighted by Crippen LogP contribution is 2.47. The number of piperazine rings is 1. The van der Waals surface area contributed by atoms with Crippen LogP contribution in [0.4, 0.5) is 21.6 Å². The van der Waals surface area contributed by atoms with Crippen LogP contribution in [0.25, 0.3) is 0 Å². The first-order chi connectivity index (χ1) is 19.5. The topological polar surface area (TPSA) is 89.9 Å². The average Bonchev–Trinajstić information content (AvgIpc) is 3.28. The zero-order valence-electron chi connectivity index (χ0n) is 23.8. The summed E-state index contributed by atoms with van der Waals surface area (Å²) in [5.41, 5.74) is 2.73. The third-order valence-corrected chi connectivity index (χ3v) is 8.86. The maximum atomic E-state index is 14.4. The number of carbonyl (C=O) groups excluding carboxylic acids is 1. The molecular formula is C31H35ClFN5O3. The van der Waals surface area contributed by atoms with Crippen molar-refractivity contribution in [2.45, 2.75) is 57.9 Å². The van der Waals surface area contributed by atoms with Crippen LogP contribution in [0.3, 0.4) is 0 Å². The van der Waals surface area contributed by atoms with Crippen molar-refractivity contribution in [1.82, 2.24) is 14.9 Å². The molecule has 0 atom stereocenters. The van der Waals surface area contributed by atoms with Gasteiger partial charge in [0.2, 0.25) is 0 Å². The minimum atomic E-state index is -0.894. The van der Waals surface area contributed by atoms with Crippen molar-refractivity contribution in [3.8, 4) is 0 Å². The number of nitrogens with zero attached hydrogens (tertiary/aromatic N) is 5. The molecule has 10 heteroatoms. The SMILES string of the molecule is CCC1(CC)CN(c2ccc(Cl)c(F)c2)c2ccc(C(=O)N3CCN(c4ccc(CC(=O)O)cn4)CC3(C)C)nc21. The molecule has 216 valence electrons. The van der Waals surface area contributed by atoms with Gasteiger partial charge in [0.25, 0.3) is 5.91 Å². The van der Waals surface area contributed by atoms with Crippen LogP contribution >= 0.6 is 11.6 Å². The summed E-state index contributed by atoms with van der Waals surface area (Å²) >= 11 is 5.94. The Morgan fingerprint density at radius 3 is 2.41 bits per heavy atom. The molecule has 1 amide bonds. The van der Waals surface area contributed by atoms with Gasteiger partial charge in [-0.25, -0.2) is 14.4 Å². The predicted octanol–water partition coefficient (Wildman–Crippen LogP) is 5.85. The van der Waals surface area contributed by atoms with E-state index < -0.39 is 17.3 Å². The van der Waals surface area contributed by atoms with Crippen LogP contribution in [0.5, 0.6) is 0 Å². The van der Waals surface area contributed by atoms with Crippen LogP contribution in [0.15, 0.2) is 48.7 Å². The van der Waals surface area contributed by atoms with Crippen LogP contribution in [0.1, 0.15) is 62.3 Å². The number of aromatic nitrogens is 2. The van der Waals surface area contributed by atoms with Crippen LogP contribution in [-0.2, 0) is 16.6 Å². The van der Waals surface area contributed by atoms with Crippen molar-refractivity contribution in [2.24, 2.45) is 0 Å². The van der Waals surface area contributed by atoms with E-state index in [2.05, 4.69) is 28.6 Å². The van der Waals surface area contributed by atoms with Crippen LogP contribution in [0, 0.1) is 5.82 Å². The van der Waals surface area contributed by atoms with Crippen molar-refractivity contribution < 1.29 is 19.1 Å². The van der Waals surface area contributed by atoms with Crippen LogP contribution < -0.4 is 9.80 Å². The minimum Gasteiger partial charge on any atom is -0.481 e. The molecule has 0 radical (unpaired) electrons. The molecule has 1 aromatic carbocycles. The number of carboxylic acids is 1. The van der Waals surface area contributed by atoms with Gasteiger partial charge in [-0.1, -0.05) is 31.5 Å². The Bertz CT molecular complexity index is 1480. The van der Waals surface area contributed by atoms with E-state index in [0.717, 1.165) is 30.0 Å². The molecule has 2 aliphatic heterocycles. The normalized spacial score (nSPS) is 17.5. The number of rotatable bonds is 7. The second kappa shape index (κ2) is 10.9. The monoisotopic (exact) mass is 579 g/mol. The number of carbonyl (C=O) groups is 2. The fourth-order valence-corrected chi connectivity index (χ4v) is 6.20. The molecule has 0 bridgehead atoms. The molecule has 1 saturated heterocycles. The van der Waals surface area contributed by atoms with Crippen molar-refractivity contribution in [1.29, 1.82) is 0 Å². The molecule has 4 heterocycles. The van der Waals surface area contributed by atoms with Crippen molar-refractivity contribution in [3.63, 3.8) is 0 Å². The lowest BCUT2D eigenvalue weighted by molar-refractivity contribution is -0.136. The van der Waals surface area contributed by atoms with Gasteiger partial charge in [-0.05, 0) is 68.7 Å². The summed E-state index contributed by atoms with van der Waals surface area (Å²) in [4.78, 5) is 40.4. The number of fused-ring (bicyclic) bond motifs is 1. The van der Waals surface area contributed by atoms with Gasteiger partial charge >= 0.3 is 5.97 Å². The highest BCUT2D eigenvalue weighted by Gasteiger charge is 2.44. The van der Waals surface area contributed by atoms with Gasteiger partial charge in [-0.2, -0.15) is 0 Å². The summed E-state index contributed by atoms with van der Waals surface area (Å²) in [5.74, 6) is -0.734. The zero-order chi connectivity index (χ0) is 29.5. The number of hydrogen-bond acceptors (Lipinski definition) is 6. The molecule has 8 nitrogen and oxygen atoms in total. The summed E-state index contributed by atoms with van der Waals surface area (Å²) in [6, 6.07) is 12.1. The maximum absolute atomic E-state index is 14.4. The minimum absolute atomic E-state index is 0.0689. The van der Waals surface area contributed by atoms with Crippen molar-refractivity contribution in [2.75, 3.05) is 36.0 Å². The van der Waals surface area contributed by atoms with E-state index in [1.807, 2.05) is 36.9 Å². The highest BCUT2D eigenvalue weighted by atomic mass is 35.5. The summed E-state index contributed by atoms with van der Waals surface area (Å²) in [6.45, 7) is 10.6. The van der Waals surface area contributed by atoms with Gasteiger partial charge in [-0.15, -0.1) is 0 Å². The largest absolute Gasteiger partial charge is 0.481 e. The van der Waals surface area contributed by atoms with Gasteiger partial charge in [0.1, 0.15) is 17.3 Å². The smallest absolute Gasteiger partial charge is 0.307 e. The second-order valence-electron chi connectivity index (χ2n) is 11.5. The average molecular weight is 580 g/mol. The van der Waals surface area contributed by atoms with E-state index in [4.69, 9.17) is 21.7 Å². The quantitative estimate of drug-likeness (QED) is 0.376. The number of anilines is 3. The first kappa shape index (κ1) is 28.8. The predicted molar refractivity (Wildman–Crippen MR) is 158 cm³/mol. The number of pyridine rings is 2. The fraction of sp³-hybridized carbons (Fsp3) is 0.419. The number of carboxylic acid groups (broad SMARTS) is 1. The Morgan fingerprint density at radius 1 is 1.05 bits per heavy atom. The number of halogens is 2. The number of hydrogen-bond donors (Lipinski definition) is 1. The molecule has 0 saturated carbocycles. The van der Waals surface area contributed by atoms with Gasteiger partial charge in [0.15, 0.2) is 0 Å². The van der Waals surface area contributed by atoms with Crippen LogP contribution in [0.2, 0.25) is 5.02 Å². The Morgan fingerprint density at radius 2 is 1.80 bits per heavy atom. The van der Waals surface area contributed by atoms with Gasteiger partial charge in [0.05, 0.1) is 28.4 Å².